The monoisotopic (exact) mass is 652 g/mol. The summed E-state index contributed by atoms with van der Waals surface area (Å²) in [7, 11) is 0. The van der Waals surface area contributed by atoms with Gasteiger partial charge < -0.3 is 17.2 Å². The van der Waals surface area contributed by atoms with Gasteiger partial charge in [0, 0.05) is 0 Å². The molecule has 0 heterocycles. The largest absolute Gasteiger partial charge is 4.00 e. The van der Waals surface area contributed by atoms with E-state index in [1.807, 2.05) is 92.6 Å². The third-order valence-electron chi connectivity index (χ3n) is 1.41. The number of alkyl halides is 9. The third-order valence-corrected chi connectivity index (χ3v) is 4.97. The van der Waals surface area contributed by atoms with E-state index in [1.54, 1.807) is 0 Å². The van der Waals surface area contributed by atoms with Gasteiger partial charge in [-0.15, -0.1) is 16.6 Å². The normalized spacial score (nSPS) is 12.3. The summed E-state index contributed by atoms with van der Waals surface area (Å²) in [5, 5.41) is -18.6. The molecule has 0 saturated carbocycles. The summed E-state index contributed by atoms with van der Waals surface area (Å²) in [6.07, 6.45) is 0. The molecule has 1 aromatic rings. The predicted octanol–water partition coefficient (Wildman–Crippen LogP) is 9.70. The summed E-state index contributed by atoms with van der Waals surface area (Å²) in [6.45, 7) is 16.7. The summed E-state index contributed by atoms with van der Waals surface area (Å²) in [5.41, 5.74) is 20.1. The van der Waals surface area contributed by atoms with Crippen LogP contribution >= 0.6 is 0 Å². The Hall–Kier alpha value is 0.0260. The molecule has 1 rings (SSSR count). The van der Waals surface area contributed by atoms with E-state index in [2.05, 4.69) is 0 Å². The molecule has 1 aromatic carbocycles. The van der Waals surface area contributed by atoms with E-state index in [-0.39, 0.29) is 42.8 Å². The van der Waals surface area contributed by atoms with Crippen LogP contribution in [0.5, 0.6) is 0 Å². The second kappa shape index (κ2) is 17.5. The van der Waals surface area contributed by atoms with Gasteiger partial charge in [-0.3, -0.25) is 0 Å². The molecule has 0 saturated heterocycles. The molecule has 14 heteroatoms. The quantitative estimate of drug-likeness (QED) is 0.152. The van der Waals surface area contributed by atoms with Crippen molar-refractivity contribution >= 4 is 14.3 Å². The van der Waals surface area contributed by atoms with Crippen LogP contribution in [0.2, 0.25) is 0 Å². The summed E-state index contributed by atoms with van der Waals surface area (Å²) in [4.78, 5) is 0. The maximum Gasteiger partial charge on any atom is 4.00 e. The van der Waals surface area contributed by atoms with Crippen molar-refractivity contribution in [3.8, 4) is 0 Å². The second-order valence-electron chi connectivity index (χ2n) is 9.58. The molecule has 0 spiro atoms. The molecule has 3 nitrogen and oxygen atoms in total. The fourth-order valence-electron chi connectivity index (χ4n) is 0.803. The zero-order valence-electron chi connectivity index (χ0n) is 20.8. The summed E-state index contributed by atoms with van der Waals surface area (Å²) < 4.78 is 102. The molecule has 0 aromatic heterocycles. The molecule has 1 radical (unpaired) electrons. The van der Waals surface area contributed by atoms with Gasteiger partial charge in [-0.2, -0.15) is 18.2 Å². The Balaban J connectivity index is -0.000000112. The van der Waals surface area contributed by atoms with E-state index in [9.17, 15) is 39.5 Å². The Morgan fingerprint density at radius 3 is 0.676 bits per heavy atom. The second-order valence-corrected chi connectivity index (χ2v) is 14.7. The Labute approximate surface area is 221 Å². The van der Waals surface area contributed by atoms with E-state index in [4.69, 9.17) is 17.2 Å². The van der Waals surface area contributed by atoms with Crippen LogP contribution in [0.1, 0.15) is 62.3 Å². The number of halogens is 9. The molecule has 0 aliphatic rings. The molecule has 0 amide bonds. The van der Waals surface area contributed by atoms with Crippen LogP contribution in [0.25, 0.3) is 17.2 Å². The fraction of sp³-hybridized carbons (Fsp3) is 0.750. The van der Waals surface area contributed by atoms with Crippen molar-refractivity contribution in [1.29, 1.82) is 0 Å². The number of nitrogens with one attached hydrogen (secondary N) is 3. The number of hydrogen-bond acceptors (Lipinski definition) is 0. The van der Waals surface area contributed by atoms with E-state index < -0.39 is 29.4 Å². The zero-order valence-corrected chi connectivity index (χ0v) is 25.3. The molecule has 201 valence electrons. The standard InChI is InChI=1S/C5H5.3C4H10N.C3F9Ge.Zr/c1-2-4-5-3-1;3*1-4(2,3)5;4-1(5,6)13(2(7,8)9)3(10,11)12;/h1-5H;3*5H,1-3H3;;/q4*-1;;+4. The topological polar surface area (TPSA) is 71.4 Å². The molecule has 0 unspecified atom stereocenters. The van der Waals surface area contributed by atoms with Crippen molar-refractivity contribution in [2.24, 2.45) is 0 Å². The SMILES string of the molecule is CC(C)(C)[NH-].CC(C)(C)[NH-].CC(C)(C)[NH-].F[C](F)(F)[Ge]([C](F)(F)F)[C](F)(F)F.[Zr+4].c1cc[cH-]c1. The van der Waals surface area contributed by atoms with Crippen LogP contribution in [0, 0.1) is 0 Å². The Kier molecular flexibility index (Phi) is 22.6. The zero-order chi connectivity index (χ0) is 28.1. The van der Waals surface area contributed by atoms with Crippen molar-refractivity contribution in [2.45, 2.75) is 94.0 Å². The molecule has 0 aliphatic carbocycles. The van der Waals surface area contributed by atoms with Crippen molar-refractivity contribution in [1.82, 2.24) is 0 Å². The van der Waals surface area contributed by atoms with Crippen molar-refractivity contribution in [3.05, 3.63) is 47.5 Å². The first-order valence-electron chi connectivity index (χ1n) is 9.37. The van der Waals surface area contributed by atoms with Gasteiger partial charge in [-0.05, 0) is 0 Å². The van der Waals surface area contributed by atoms with Gasteiger partial charge in [0.2, 0.25) is 0 Å². The minimum absolute atomic E-state index is 0. The van der Waals surface area contributed by atoms with Gasteiger partial charge >= 0.3 is 95.1 Å². The molecule has 0 aliphatic heterocycles. The smallest absolute Gasteiger partial charge is 0.214 e. The average Bonchev–Trinajstić information content (AvgIpc) is 2.82. The number of rotatable bonds is 0. The van der Waals surface area contributed by atoms with Crippen LogP contribution in [0.15, 0.2) is 30.3 Å². The fourth-order valence-corrected chi connectivity index (χ4v) is 2.83. The minimum atomic E-state index is -7.10. The summed E-state index contributed by atoms with van der Waals surface area (Å²) in [5.74, 6) is 0. The Bertz CT molecular complexity index is 470. The van der Waals surface area contributed by atoms with Crippen LogP contribution in [-0.4, -0.2) is 46.0 Å². The molecule has 0 atom stereocenters. The van der Waals surface area contributed by atoms with E-state index in [0.717, 1.165) is 0 Å². The van der Waals surface area contributed by atoms with Gasteiger partial charge in [0.05, 0.1) is 0 Å². The molecule has 0 fully saturated rings. The van der Waals surface area contributed by atoms with E-state index in [1.165, 1.54) is 0 Å². The van der Waals surface area contributed by atoms with Gasteiger partial charge in [0.15, 0.2) is 0 Å². The molecule has 34 heavy (non-hydrogen) atoms. The maximum atomic E-state index is 11.3. The Morgan fingerprint density at radius 2 is 0.647 bits per heavy atom. The molecular formula is C20H35F9GeN3Zr. The minimum Gasteiger partial charge on any atom is -0.214 e. The van der Waals surface area contributed by atoms with Crippen molar-refractivity contribution < 1.29 is 65.7 Å². The number of hydrogen-bond donors (Lipinski definition) is 0. The average molecular weight is 652 g/mol. The molecular weight excluding hydrogens is 617 g/mol. The van der Waals surface area contributed by atoms with Gasteiger partial charge in [0.1, 0.15) is 0 Å². The van der Waals surface area contributed by atoms with Gasteiger partial charge in [-0.25, -0.2) is 12.1 Å². The van der Waals surface area contributed by atoms with E-state index in [0.29, 0.717) is 0 Å². The summed E-state index contributed by atoms with van der Waals surface area (Å²) in [6, 6.07) is 10.0. The molecule has 3 N–H and O–H groups in total. The van der Waals surface area contributed by atoms with Crippen LogP contribution in [-0.2, 0) is 26.2 Å². The molecule has 0 bridgehead atoms. The van der Waals surface area contributed by atoms with Crippen LogP contribution < -0.4 is 0 Å². The first-order chi connectivity index (χ1) is 13.9. The first-order valence-corrected chi connectivity index (χ1v) is 12.5. The van der Waals surface area contributed by atoms with E-state index >= 15 is 0 Å². The van der Waals surface area contributed by atoms with Gasteiger partial charge in [-0.1, -0.05) is 62.3 Å². The summed E-state index contributed by atoms with van der Waals surface area (Å²) >= 11 is -7.10. The maximum absolute atomic E-state index is 11.3. The predicted molar refractivity (Wildman–Crippen MR) is 118 cm³/mol. The van der Waals surface area contributed by atoms with Crippen molar-refractivity contribution in [3.63, 3.8) is 0 Å². The Morgan fingerprint density at radius 1 is 0.500 bits per heavy atom. The van der Waals surface area contributed by atoms with Crippen molar-refractivity contribution in [2.75, 3.05) is 0 Å². The first kappa shape index (κ1) is 44.1. The van der Waals surface area contributed by atoms with Gasteiger partial charge in [0.25, 0.3) is 0 Å². The third kappa shape index (κ3) is 58.1. The van der Waals surface area contributed by atoms with Crippen LogP contribution in [0.4, 0.5) is 39.5 Å². The van der Waals surface area contributed by atoms with Crippen LogP contribution in [0.3, 0.4) is 0 Å².